The van der Waals surface area contributed by atoms with Crippen LogP contribution in [0.15, 0.2) is 64.3 Å². The second kappa shape index (κ2) is 6.47. The Hall–Kier alpha value is -3.58. The van der Waals surface area contributed by atoms with Crippen LogP contribution in [0.2, 0.25) is 5.02 Å². The van der Waals surface area contributed by atoms with Gasteiger partial charge in [0.25, 0.3) is 5.56 Å². The van der Waals surface area contributed by atoms with E-state index in [4.69, 9.17) is 16.6 Å². The van der Waals surface area contributed by atoms with Gasteiger partial charge in [-0.3, -0.25) is 22.9 Å². The number of imidazole rings is 2. The van der Waals surface area contributed by atoms with Crippen molar-refractivity contribution in [3.63, 3.8) is 0 Å². The van der Waals surface area contributed by atoms with Gasteiger partial charge in [-0.25, -0.2) is 4.79 Å². The molecule has 0 saturated heterocycles. The minimum atomic E-state index is -0.409. The largest absolute Gasteiger partial charge is 0.332 e. The van der Waals surface area contributed by atoms with E-state index in [-0.39, 0.29) is 5.56 Å². The number of fused-ring (bicyclic) bond motifs is 3. The van der Waals surface area contributed by atoms with Crippen LogP contribution < -0.4 is 11.2 Å². The summed E-state index contributed by atoms with van der Waals surface area (Å²) < 4.78 is 6.26. The molecule has 0 N–H and O–H groups in total. The summed E-state index contributed by atoms with van der Waals surface area (Å²) >= 11 is 6.09. The lowest BCUT2D eigenvalue weighted by molar-refractivity contribution is 0.708. The Kier molecular flexibility index (Phi) is 3.98. The van der Waals surface area contributed by atoms with E-state index in [2.05, 4.69) is 0 Å². The highest BCUT2D eigenvalue weighted by atomic mass is 35.5. The van der Waals surface area contributed by atoms with Crippen molar-refractivity contribution < 1.29 is 0 Å². The summed E-state index contributed by atoms with van der Waals surface area (Å²) in [5.74, 6) is 0.558. The minimum absolute atomic E-state index is 0.350. The van der Waals surface area contributed by atoms with Crippen LogP contribution in [0.3, 0.4) is 0 Å². The van der Waals surface area contributed by atoms with Crippen molar-refractivity contribution in [2.24, 2.45) is 14.1 Å². The van der Waals surface area contributed by atoms with Gasteiger partial charge < -0.3 is 0 Å². The van der Waals surface area contributed by atoms with E-state index in [1.165, 1.54) is 11.6 Å². The van der Waals surface area contributed by atoms with E-state index >= 15 is 0 Å². The van der Waals surface area contributed by atoms with Crippen molar-refractivity contribution >= 4 is 28.5 Å². The van der Waals surface area contributed by atoms with Crippen LogP contribution in [-0.4, -0.2) is 23.1 Å². The van der Waals surface area contributed by atoms with Crippen LogP contribution in [0.25, 0.3) is 33.9 Å². The van der Waals surface area contributed by atoms with Gasteiger partial charge in [-0.2, -0.15) is 4.98 Å². The number of para-hydroxylation sites is 1. The molecule has 7 nitrogen and oxygen atoms in total. The molecule has 5 rings (SSSR count). The highest BCUT2D eigenvalue weighted by molar-refractivity contribution is 6.30. The second-order valence-corrected chi connectivity index (χ2v) is 7.74. The highest BCUT2D eigenvalue weighted by Gasteiger charge is 2.22. The molecule has 8 heteroatoms. The number of rotatable bonds is 2. The molecule has 0 bridgehead atoms. The first-order valence-corrected chi connectivity index (χ1v) is 9.77. The quantitative estimate of drug-likeness (QED) is 0.441. The van der Waals surface area contributed by atoms with E-state index in [1.807, 2.05) is 66.2 Å². The summed E-state index contributed by atoms with van der Waals surface area (Å²) in [7, 11) is 3.09. The fraction of sp³-hybridized carbons (Fsp3) is 0.136. The number of halogens is 1. The molecule has 150 valence electrons. The molecule has 0 aliphatic heterocycles. The summed E-state index contributed by atoms with van der Waals surface area (Å²) in [6.45, 7) is 2.02. The number of aromatic nitrogens is 5. The lowest BCUT2D eigenvalue weighted by Crippen LogP contribution is -2.37. The van der Waals surface area contributed by atoms with E-state index in [0.29, 0.717) is 22.0 Å². The van der Waals surface area contributed by atoms with E-state index in [1.54, 1.807) is 11.4 Å². The first-order chi connectivity index (χ1) is 14.4. The zero-order valence-electron chi connectivity index (χ0n) is 16.6. The maximum atomic E-state index is 12.9. The van der Waals surface area contributed by atoms with Crippen LogP contribution in [-0.2, 0) is 14.1 Å². The first kappa shape index (κ1) is 18.4. The summed E-state index contributed by atoms with van der Waals surface area (Å²) in [6, 6.07) is 15.5. The Morgan fingerprint density at radius 3 is 2.33 bits per heavy atom. The molecular formula is C22H18ClN5O2. The zero-order chi connectivity index (χ0) is 21.2. The van der Waals surface area contributed by atoms with Crippen molar-refractivity contribution in [3.05, 3.63) is 86.2 Å². The average Bonchev–Trinajstić information content (AvgIpc) is 3.28. The molecular weight excluding hydrogens is 402 g/mol. The van der Waals surface area contributed by atoms with Crippen molar-refractivity contribution in [1.29, 1.82) is 0 Å². The lowest BCUT2D eigenvalue weighted by atomic mass is 10.1. The smallest absolute Gasteiger partial charge is 0.279 e. The molecule has 3 aromatic heterocycles. The third-order valence-corrected chi connectivity index (χ3v) is 5.71. The molecule has 0 spiro atoms. The fourth-order valence-electron chi connectivity index (χ4n) is 3.85. The van der Waals surface area contributed by atoms with E-state index in [0.717, 1.165) is 27.1 Å². The molecule has 2 aromatic carbocycles. The van der Waals surface area contributed by atoms with E-state index in [9.17, 15) is 9.59 Å². The Morgan fingerprint density at radius 1 is 0.933 bits per heavy atom. The van der Waals surface area contributed by atoms with Crippen LogP contribution in [0, 0.1) is 6.92 Å². The van der Waals surface area contributed by atoms with Gasteiger partial charge in [0.2, 0.25) is 5.78 Å². The summed E-state index contributed by atoms with van der Waals surface area (Å²) in [5.41, 5.74) is 3.71. The van der Waals surface area contributed by atoms with Crippen molar-refractivity contribution in [2.75, 3.05) is 0 Å². The number of benzene rings is 2. The Labute approximate surface area is 176 Å². The van der Waals surface area contributed by atoms with Crippen LogP contribution in [0.1, 0.15) is 5.56 Å². The molecule has 30 heavy (non-hydrogen) atoms. The summed E-state index contributed by atoms with van der Waals surface area (Å²) in [4.78, 5) is 30.0. The zero-order valence-corrected chi connectivity index (χ0v) is 17.4. The normalized spacial score (nSPS) is 11.6. The number of nitrogens with zero attached hydrogens (tertiary/aromatic N) is 5. The van der Waals surface area contributed by atoms with Crippen LogP contribution >= 0.6 is 11.6 Å². The standard InChI is InChI=1S/C22H18ClN5O2/c1-13-6-4-5-7-16(13)28-17(14-8-10-15(23)11-9-14)12-27-18-19(24-21(27)28)25(2)22(30)26(3)20(18)29/h4-12H,1-3H3. The predicted octanol–water partition coefficient (Wildman–Crippen LogP) is 3.30. The van der Waals surface area contributed by atoms with Gasteiger partial charge in [0.15, 0.2) is 11.2 Å². The third-order valence-electron chi connectivity index (χ3n) is 5.46. The van der Waals surface area contributed by atoms with Crippen molar-refractivity contribution in [3.8, 4) is 16.9 Å². The molecule has 0 atom stereocenters. The molecule has 5 aromatic rings. The number of hydrogen-bond donors (Lipinski definition) is 0. The highest BCUT2D eigenvalue weighted by Crippen LogP contribution is 2.30. The van der Waals surface area contributed by atoms with Gasteiger partial charge in [0.1, 0.15) is 0 Å². The molecule has 0 aliphatic carbocycles. The Morgan fingerprint density at radius 2 is 1.63 bits per heavy atom. The van der Waals surface area contributed by atoms with Gasteiger partial charge in [-0.1, -0.05) is 41.9 Å². The third kappa shape index (κ3) is 2.48. The van der Waals surface area contributed by atoms with E-state index < -0.39 is 5.69 Å². The van der Waals surface area contributed by atoms with Crippen molar-refractivity contribution in [1.82, 2.24) is 23.1 Å². The Bertz CT molecular complexity index is 1570. The number of aryl methyl sites for hydroxylation is 2. The van der Waals surface area contributed by atoms with Gasteiger partial charge in [-0.15, -0.1) is 0 Å². The van der Waals surface area contributed by atoms with Gasteiger partial charge in [0.05, 0.1) is 11.4 Å². The van der Waals surface area contributed by atoms with Gasteiger partial charge >= 0.3 is 5.69 Å². The number of hydrogen-bond acceptors (Lipinski definition) is 3. The van der Waals surface area contributed by atoms with Crippen LogP contribution in [0.4, 0.5) is 0 Å². The van der Waals surface area contributed by atoms with Gasteiger partial charge in [0, 0.05) is 30.9 Å². The molecule has 0 amide bonds. The second-order valence-electron chi connectivity index (χ2n) is 7.30. The van der Waals surface area contributed by atoms with Crippen molar-refractivity contribution in [2.45, 2.75) is 6.92 Å². The summed E-state index contributed by atoms with van der Waals surface area (Å²) in [6.07, 6.45) is 1.88. The molecule has 0 saturated carbocycles. The predicted molar refractivity (Wildman–Crippen MR) is 118 cm³/mol. The molecule has 0 unspecified atom stereocenters. The first-order valence-electron chi connectivity index (χ1n) is 9.40. The maximum absolute atomic E-state index is 12.9. The molecule has 0 radical (unpaired) electrons. The Balaban J connectivity index is 1.99. The molecule has 0 aliphatic rings. The average molecular weight is 420 g/mol. The lowest BCUT2D eigenvalue weighted by Gasteiger charge is -2.12. The fourth-order valence-corrected chi connectivity index (χ4v) is 3.97. The minimum Gasteiger partial charge on any atom is -0.279 e. The van der Waals surface area contributed by atoms with Gasteiger partial charge in [-0.05, 0) is 30.7 Å². The molecule has 0 fully saturated rings. The summed E-state index contributed by atoms with van der Waals surface area (Å²) in [5, 5.41) is 0.645. The maximum Gasteiger partial charge on any atom is 0.332 e. The topological polar surface area (TPSA) is 66.2 Å². The van der Waals surface area contributed by atoms with Crippen LogP contribution in [0.5, 0.6) is 0 Å². The molecule has 3 heterocycles. The monoisotopic (exact) mass is 419 g/mol. The SMILES string of the molecule is Cc1ccccc1-n1c(-c2ccc(Cl)cc2)cn2c3c(=O)n(C)c(=O)n(C)c3nc12.